The van der Waals surface area contributed by atoms with E-state index in [1.165, 1.54) is 0 Å². The maximum Gasteiger partial charge on any atom is 0.271 e. The summed E-state index contributed by atoms with van der Waals surface area (Å²) in [6.45, 7) is 9.91. The van der Waals surface area contributed by atoms with Crippen molar-refractivity contribution in [3.8, 4) is 0 Å². The third-order valence-corrected chi connectivity index (χ3v) is 8.28. The van der Waals surface area contributed by atoms with Crippen LogP contribution in [-0.2, 0) is 10.0 Å². The Hall–Kier alpha value is -1.51. The third-order valence-electron chi connectivity index (χ3n) is 6.04. The minimum Gasteiger partial charge on any atom is -0.340 e. The van der Waals surface area contributed by atoms with Crippen LogP contribution in [0.3, 0.4) is 0 Å². The molecule has 0 spiro atoms. The average molecular weight is 452 g/mol. The quantitative estimate of drug-likeness (QED) is 0.670. The van der Waals surface area contributed by atoms with Gasteiger partial charge in [-0.3, -0.25) is 8.77 Å². The second-order valence-electron chi connectivity index (χ2n) is 8.81. The Balaban J connectivity index is 2.01. The first-order chi connectivity index (χ1) is 14.1. The predicted molar refractivity (Wildman–Crippen MR) is 125 cm³/mol. The molecule has 6 nitrogen and oxygen atoms in total. The molecule has 30 heavy (non-hydrogen) atoms. The summed E-state index contributed by atoms with van der Waals surface area (Å²) in [5, 5.41) is 0.747. The van der Waals surface area contributed by atoms with Gasteiger partial charge in [0.1, 0.15) is 5.69 Å². The van der Waals surface area contributed by atoms with Gasteiger partial charge in [0.05, 0.1) is 10.4 Å². The van der Waals surface area contributed by atoms with Gasteiger partial charge in [-0.1, -0.05) is 40.0 Å². The van der Waals surface area contributed by atoms with Gasteiger partial charge in [-0.25, -0.2) is 8.42 Å². The fraction of sp³-hybridized carbons (Fsp3) is 0.591. The SMILES string of the molecule is CCCCN(C)C(=O)c1c(C)c2cc(S(=O)(=O)N3CC(C)CC(C)C3)ccc2n1S. The van der Waals surface area contributed by atoms with Crippen LogP contribution in [0.15, 0.2) is 23.1 Å². The highest BCUT2D eigenvalue weighted by atomic mass is 32.2. The Bertz CT molecular complexity index is 1040. The molecule has 1 aromatic carbocycles. The van der Waals surface area contributed by atoms with Crippen LogP contribution in [0, 0.1) is 18.8 Å². The van der Waals surface area contributed by atoms with E-state index >= 15 is 0 Å². The fourth-order valence-corrected chi connectivity index (χ4v) is 6.56. The molecule has 2 heterocycles. The van der Waals surface area contributed by atoms with Gasteiger partial charge in [0.2, 0.25) is 10.0 Å². The van der Waals surface area contributed by atoms with E-state index in [9.17, 15) is 13.2 Å². The van der Waals surface area contributed by atoms with Crippen molar-refractivity contribution < 1.29 is 13.2 Å². The van der Waals surface area contributed by atoms with Gasteiger partial charge in [-0.2, -0.15) is 4.31 Å². The van der Waals surface area contributed by atoms with Crippen LogP contribution < -0.4 is 0 Å². The van der Waals surface area contributed by atoms with E-state index in [-0.39, 0.29) is 10.8 Å². The molecule has 1 saturated heterocycles. The van der Waals surface area contributed by atoms with E-state index in [4.69, 9.17) is 0 Å². The zero-order chi connectivity index (χ0) is 22.2. The molecule has 0 saturated carbocycles. The summed E-state index contributed by atoms with van der Waals surface area (Å²) in [6.07, 6.45) is 2.99. The molecule has 0 aliphatic carbocycles. The van der Waals surface area contributed by atoms with Gasteiger partial charge in [0, 0.05) is 32.1 Å². The first kappa shape index (κ1) is 23.2. The number of piperidine rings is 1. The molecule has 0 bridgehead atoms. The number of benzene rings is 1. The summed E-state index contributed by atoms with van der Waals surface area (Å²) >= 11 is 4.55. The van der Waals surface area contributed by atoms with E-state index < -0.39 is 10.0 Å². The monoisotopic (exact) mass is 451 g/mol. The lowest BCUT2D eigenvalue weighted by atomic mass is 9.94. The summed E-state index contributed by atoms with van der Waals surface area (Å²) in [7, 11) is -1.80. The Morgan fingerprint density at radius 1 is 1.23 bits per heavy atom. The lowest BCUT2D eigenvalue weighted by molar-refractivity contribution is 0.0786. The number of rotatable bonds is 6. The molecule has 1 fully saturated rings. The second-order valence-corrected chi connectivity index (χ2v) is 11.2. The highest BCUT2D eigenvalue weighted by Gasteiger charge is 2.32. The minimum atomic E-state index is -3.58. The molecule has 1 aromatic heterocycles. The lowest BCUT2D eigenvalue weighted by Gasteiger charge is -2.34. The summed E-state index contributed by atoms with van der Waals surface area (Å²) < 4.78 is 29.8. The van der Waals surface area contributed by atoms with Crippen LogP contribution in [-0.4, -0.2) is 54.2 Å². The molecule has 0 radical (unpaired) electrons. The number of amides is 1. The van der Waals surface area contributed by atoms with Crippen molar-refractivity contribution in [1.29, 1.82) is 0 Å². The topological polar surface area (TPSA) is 62.6 Å². The van der Waals surface area contributed by atoms with Gasteiger partial charge in [-0.15, -0.1) is 0 Å². The normalized spacial score (nSPS) is 20.6. The highest BCUT2D eigenvalue weighted by molar-refractivity contribution is 7.89. The van der Waals surface area contributed by atoms with Crippen molar-refractivity contribution in [3.05, 3.63) is 29.5 Å². The van der Waals surface area contributed by atoms with Gasteiger partial charge in [0.15, 0.2) is 0 Å². The van der Waals surface area contributed by atoms with E-state index in [0.29, 0.717) is 37.2 Å². The fourth-order valence-electron chi connectivity index (χ4n) is 4.45. The molecule has 2 atom stereocenters. The van der Waals surface area contributed by atoms with Crippen molar-refractivity contribution in [2.45, 2.75) is 51.9 Å². The first-order valence-electron chi connectivity index (χ1n) is 10.7. The number of aryl methyl sites for hydroxylation is 1. The number of carbonyl (C=O) groups is 1. The number of aromatic nitrogens is 1. The Morgan fingerprint density at radius 3 is 2.47 bits per heavy atom. The largest absolute Gasteiger partial charge is 0.340 e. The number of nitrogens with zero attached hydrogens (tertiary/aromatic N) is 3. The molecule has 3 rings (SSSR count). The summed E-state index contributed by atoms with van der Waals surface area (Å²) in [4.78, 5) is 15.0. The molecule has 1 aliphatic heterocycles. The van der Waals surface area contributed by atoms with Crippen molar-refractivity contribution in [1.82, 2.24) is 13.2 Å². The maximum atomic E-state index is 13.3. The van der Waals surface area contributed by atoms with Gasteiger partial charge in [-0.05, 0) is 55.4 Å². The van der Waals surface area contributed by atoms with Crippen LogP contribution in [0.4, 0.5) is 0 Å². The Labute approximate surface area is 185 Å². The lowest BCUT2D eigenvalue weighted by Crippen LogP contribution is -2.42. The number of carbonyl (C=O) groups excluding carboxylic acids is 1. The zero-order valence-electron chi connectivity index (χ0n) is 18.6. The zero-order valence-corrected chi connectivity index (χ0v) is 20.3. The van der Waals surface area contributed by atoms with E-state index in [2.05, 4.69) is 33.6 Å². The number of unbranched alkanes of at least 4 members (excludes halogenated alkanes) is 1. The molecule has 1 amide bonds. The summed E-state index contributed by atoms with van der Waals surface area (Å²) in [6, 6.07) is 5.07. The number of thiol groups is 1. The molecule has 2 aromatic rings. The number of fused-ring (bicyclic) bond motifs is 1. The molecule has 166 valence electrons. The second kappa shape index (κ2) is 8.93. The van der Waals surface area contributed by atoms with Crippen molar-refractivity contribution in [3.63, 3.8) is 0 Å². The standard InChI is InChI=1S/C22H33N3O3S2/c1-6-7-10-23(5)22(26)21-17(4)19-12-18(8-9-20(19)25(21)29)30(27,28)24-13-15(2)11-16(3)14-24/h8-9,12,15-16,29H,6-7,10-11,13-14H2,1-5H3. The van der Waals surface area contributed by atoms with Crippen molar-refractivity contribution in [2.75, 3.05) is 26.7 Å². The van der Waals surface area contributed by atoms with Crippen LogP contribution in [0.2, 0.25) is 0 Å². The van der Waals surface area contributed by atoms with E-state index in [0.717, 1.165) is 35.7 Å². The van der Waals surface area contributed by atoms with Crippen LogP contribution in [0.1, 0.15) is 56.1 Å². The van der Waals surface area contributed by atoms with Gasteiger partial charge < -0.3 is 4.90 Å². The smallest absolute Gasteiger partial charge is 0.271 e. The molecule has 0 N–H and O–H groups in total. The molecule has 1 aliphatic rings. The van der Waals surface area contributed by atoms with Gasteiger partial charge >= 0.3 is 0 Å². The van der Waals surface area contributed by atoms with Crippen LogP contribution >= 0.6 is 12.8 Å². The first-order valence-corrected chi connectivity index (χ1v) is 12.5. The average Bonchev–Trinajstić information content (AvgIpc) is 2.94. The third kappa shape index (κ3) is 4.27. The Kier molecular flexibility index (Phi) is 6.89. The summed E-state index contributed by atoms with van der Waals surface area (Å²) in [5.74, 6) is 0.584. The molecular formula is C22H33N3O3S2. The van der Waals surface area contributed by atoms with Crippen LogP contribution in [0.25, 0.3) is 10.9 Å². The molecule has 2 unspecified atom stereocenters. The summed E-state index contributed by atoms with van der Waals surface area (Å²) in [5.41, 5.74) is 1.98. The van der Waals surface area contributed by atoms with E-state index in [1.807, 2.05) is 6.92 Å². The number of hydrogen-bond acceptors (Lipinski definition) is 4. The maximum absolute atomic E-state index is 13.3. The van der Waals surface area contributed by atoms with E-state index in [1.54, 1.807) is 38.4 Å². The minimum absolute atomic E-state index is 0.102. The number of hydrogen-bond donors (Lipinski definition) is 1. The predicted octanol–water partition coefficient (Wildman–Crippen LogP) is 4.18. The highest BCUT2D eigenvalue weighted by Crippen LogP contribution is 2.32. The van der Waals surface area contributed by atoms with Gasteiger partial charge in [0.25, 0.3) is 5.91 Å². The van der Waals surface area contributed by atoms with Crippen molar-refractivity contribution in [2.24, 2.45) is 11.8 Å². The molecule has 8 heteroatoms. The van der Waals surface area contributed by atoms with Crippen molar-refractivity contribution >= 4 is 39.6 Å². The van der Waals surface area contributed by atoms with Crippen LogP contribution in [0.5, 0.6) is 0 Å². The Morgan fingerprint density at radius 2 is 1.87 bits per heavy atom. The number of sulfonamides is 1. The molecular weight excluding hydrogens is 418 g/mol.